The van der Waals surface area contributed by atoms with Crippen molar-refractivity contribution in [1.82, 2.24) is 24.9 Å². The molecule has 266 valence electrons. The summed E-state index contributed by atoms with van der Waals surface area (Å²) in [4.78, 5) is 25.8. The first-order valence-electron chi connectivity index (χ1n) is 18.7. The van der Waals surface area contributed by atoms with Gasteiger partial charge in [0.1, 0.15) is 0 Å². The van der Waals surface area contributed by atoms with Crippen LogP contribution in [0.4, 0.5) is 0 Å². The van der Waals surface area contributed by atoms with Gasteiger partial charge in [0.15, 0.2) is 23.3 Å². The minimum Gasteiger partial charge on any atom is -0.226 e. The maximum Gasteiger partial charge on any atom is 0.164 e. The highest BCUT2D eigenvalue weighted by molar-refractivity contribution is 7.27. The van der Waals surface area contributed by atoms with Crippen molar-refractivity contribution >= 4 is 94.7 Å². The topological polar surface area (TPSA) is 64.5 Å². The molecule has 12 rings (SSSR count). The van der Waals surface area contributed by atoms with Crippen molar-refractivity contribution in [3.63, 3.8) is 0 Å². The normalized spacial score (nSPS) is 11.9. The minimum atomic E-state index is 0.649. The van der Waals surface area contributed by atoms with Crippen LogP contribution in [0.25, 0.3) is 117 Å². The zero-order valence-electron chi connectivity index (χ0n) is 30.0. The van der Waals surface area contributed by atoms with Crippen LogP contribution in [0.1, 0.15) is 0 Å². The smallest absolute Gasteiger partial charge is 0.164 e. The second-order valence-corrected chi connectivity index (χ2v) is 17.2. The second kappa shape index (κ2) is 12.9. The molecule has 0 atom stereocenters. The van der Waals surface area contributed by atoms with E-state index in [0.717, 1.165) is 65.7 Å². The lowest BCUT2D eigenvalue weighted by Gasteiger charge is -2.10. The Morgan fingerprint density at radius 2 is 0.860 bits per heavy atom. The molecule has 0 aliphatic heterocycles. The van der Waals surface area contributed by atoms with E-state index in [-0.39, 0.29) is 0 Å². The maximum absolute atomic E-state index is 5.25. The van der Waals surface area contributed by atoms with Crippen molar-refractivity contribution in [2.75, 3.05) is 0 Å². The summed E-state index contributed by atoms with van der Waals surface area (Å²) in [5.41, 5.74) is 6.90. The summed E-state index contributed by atoms with van der Waals surface area (Å²) in [6, 6.07) is 57.3. The number of hydrogen-bond donors (Lipinski definition) is 0. The van der Waals surface area contributed by atoms with Gasteiger partial charge in [-0.2, -0.15) is 0 Å². The highest BCUT2D eigenvalue weighted by Crippen LogP contribution is 2.44. The van der Waals surface area contributed by atoms with Crippen molar-refractivity contribution in [1.29, 1.82) is 0 Å². The van der Waals surface area contributed by atoms with E-state index in [0.29, 0.717) is 17.5 Å². The monoisotopic (exact) mass is 781 g/mol. The van der Waals surface area contributed by atoms with Crippen LogP contribution >= 0.6 is 34.0 Å². The average molecular weight is 782 g/mol. The summed E-state index contributed by atoms with van der Waals surface area (Å²) in [5, 5.41) is 5.97. The van der Waals surface area contributed by atoms with Crippen LogP contribution in [0.15, 0.2) is 164 Å². The van der Waals surface area contributed by atoms with Crippen LogP contribution < -0.4 is 0 Å². The molecule has 7 aromatic carbocycles. The lowest BCUT2D eigenvalue weighted by atomic mass is 10.0. The van der Waals surface area contributed by atoms with E-state index < -0.39 is 0 Å². The molecule has 0 amide bonds. The Morgan fingerprint density at radius 3 is 1.65 bits per heavy atom. The molecule has 0 saturated heterocycles. The van der Waals surface area contributed by atoms with Crippen molar-refractivity contribution in [3.05, 3.63) is 164 Å². The minimum absolute atomic E-state index is 0.649. The number of hydrogen-bond acceptors (Lipinski definition) is 8. The molecule has 12 aromatic rings. The van der Waals surface area contributed by atoms with Crippen LogP contribution in [-0.2, 0) is 0 Å². The molecule has 8 heteroatoms. The summed E-state index contributed by atoms with van der Waals surface area (Å²) < 4.78 is 7.14. The van der Waals surface area contributed by atoms with Crippen LogP contribution in [0.5, 0.6) is 0 Å². The fourth-order valence-electron chi connectivity index (χ4n) is 7.87. The van der Waals surface area contributed by atoms with Crippen molar-refractivity contribution in [2.45, 2.75) is 0 Å². The molecule has 0 unspecified atom stereocenters. The van der Waals surface area contributed by atoms with E-state index in [1.165, 1.54) is 34.3 Å². The quantitative estimate of drug-likeness (QED) is 0.174. The van der Waals surface area contributed by atoms with Gasteiger partial charge in [-0.05, 0) is 30.3 Å². The lowest BCUT2D eigenvalue weighted by molar-refractivity contribution is 1.08. The third-order valence-corrected chi connectivity index (χ3v) is 14.0. The fraction of sp³-hybridized carbons (Fsp3) is 0. The van der Waals surface area contributed by atoms with E-state index in [2.05, 4.69) is 127 Å². The zero-order valence-corrected chi connectivity index (χ0v) is 32.5. The molecular weight excluding hydrogens is 755 g/mol. The van der Waals surface area contributed by atoms with E-state index in [9.17, 15) is 0 Å². The predicted molar refractivity (Wildman–Crippen MR) is 241 cm³/mol. The molecule has 5 heterocycles. The molecule has 0 radical (unpaired) electrons. The number of aromatic nitrogens is 5. The lowest BCUT2D eigenvalue weighted by Crippen LogP contribution is -2.00. The van der Waals surface area contributed by atoms with Crippen LogP contribution in [0, 0.1) is 0 Å². The van der Waals surface area contributed by atoms with Gasteiger partial charge < -0.3 is 0 Å². The third-order valence-electron chi connectivity index (χ3n) is 10.6. The Balaban J connectivity index is 1.04. The largest absolute Gasteiger partial charge is 0.226 e. The highest BCUT2D eigenvalue weighted by atomic mass is 32.1. The third kappa shape index (κ3) is 5.37. The second-order valence-electron chi connectivity index (χ2n) is 14.0. The Morgan fingerprint density at radius 1 is 0.316 bits per heavy atom. The highest BCUT2D eigenvalue weighted by Gasteiger charge is 2.20. The Hall–Kier alpha value is -6.71. The Bertz CT molecular complexity index is 3530. The molecule has 0 spiro atoms. The molecular formula is C49H27N5S3. The summed E-state index contributed by atoms with van der Waals surface area (Å²) in [6.45, 7) is 0. The van der Waals surface area contributed by atoms with E-state index in [1.54, 1.807) is 34.0 Å². The number of thiophene rings is 3. The molecule has 0 aliphatic carbocycles. The van der Waals surface area contributed by atoms with E-state index in [4.69, 9.17) is 24.9 Å². The molecule has 5 nitrogen and oxygen atoms in total. The SMILES string of the molecule is c1ccc(-c2nc(-c3ccc4c(c3)sc3ccccc34)nc(-c3cccc4sc5cc(-c6nc(-c7ccccc7)nc7c6sc6ccccc67)ccc5c34)n2)cc1. The zero-order chi connectivity index (χ0) is 37.5. The van der Waals surface area contributed by atoms with Gasteiger partial charge in [0.25, 0.3) is 0 Å². The van der Waals surface area contributed by atoms with Gasteiger partial charge in [0.2, 0.25) is 0 Å². The van der Waals surface area contributed by atoms with Crippen LogP contribution in [0.2, 0.25) is 0 Å². The molecule has 5 aromatic heterocycles. The summed E-state index contributed by atoms with van der Waals surface area (Å²) in [5.74, 6) is 2.69. The summed E-state index contributed by atoms with van der Waals surface area (Å²) >= 11 is 5.34. The van der Waals surface area contributed by atoms with Crippen molar-refractivity contribution in [2.24, 2.45) is 0 Å². The van der Waals surface area contributed by atoms with Crippen molar-refractivity contribution < 1.29 is 0 Å². The molecule has 57 heavy (non-hydrogen) atoms. The van der Waals surface area contributed by atoms with E-state index >= 15 is 0 Å². The van der Waals surface area contributed by atoms with E-state index in [1.807, 2.05) is 36.4 Å². The predicted octanol–water partition coefficient (Wildman–Crippen LogP) is 14.1. The molecule has 0 fully saturated rings. The first-order valence-corrected chi connectivity index (χ1v) is 21.1. The number of rotatable bonds is 5. The van der Waals surface area contributed by atoms with Gasteiger partial charge in [0, 0.05) is 78.2 Å². The summed E-state index contributed by atoms with van der Waals surface area (Å²) in [7, 11) is 0. The number of fused-ring (bicyclic) bond motifs is 9. The fourth-order valence-corrected chi connectivity index (χ4v) is 11.3. The van der Waals surface area contributed by atoms with Gasteiger partial charge in [0.05, 0.1) is 15.9 Å². The van der Waals surface area contributed by atoms with Gasteiger partial charge in [-0.25, -0.2) is 24.9 Å². The molecule has 0 aliphatic rings. The molecule has 0 bridgehead atoms. The van der Waals surface area contributed by atoms with Crippen molar-refractivity contribution in [3.8, 4) is 56.8 Å². The Labute approximate surface area is 338 Å². The average Bonchev–Trinajstić information content (AvgIpc) is 3.97. The number of benzene rings is 7. The summed E-state index contributed by atoms with van der Waals surface area (Å²) in [6.07, 6.45) is 0. The Kier molecular flexibility index (Phi) is 7.38. The molecule has 0 N–H and O–H groups in total. The first-order chi connectivity index (χ1) is 28.2. The first kappa shape index (κ1) is 32.5. The van der Waals surface area contributed by atoms with Crippen LogP contribution in [0.3, 0.4) is 0 Å². The van der Waals surface area contributed by atoms with Gasteiger partial charge in [-0.3, -0.25) is 0 Å². The maximum atomic E-state index is 5.25. The van der Waals surface area contributed by atoms with Gasteiger partial charge in [-0.15, -0.1) is 34.0 Å². The molecule has 0 saturated carbocycles. The van der Waals surface area contributed by atoms with Gasteiger partial charge >= 0.3 is 0 Å². The number of nitrogens with zero attached hydrogens (tertiary/aromatic N) is 5. The van der Waals surface area contributed by atoms with Crippen LogP contribution in [-0.4, -0.2) is 24.9 Å². The standard InChI is InChI=1S/C49H27N5S3/c1-3-12-28(13-4-1)46-50-43(45-44(51-46)35-17-8-10-20-38(35)57-45)30-22-25-34-41(26-30)56-39-21-11-18-36(42(34)39)49-53-47(29-14-5-2-6-15-29)52-48(54-49)31-23-24-33-32-16-7-9-19-37(32)55-40(33)27-31/h1-27H. The van der Waals surface area contributed by atoms with Gasteiger partial charge in [-0.1, -0.05) is 133 Å².